The summed E-state index contributed by atoms with van der Waals surface area (Å²) in [6.07, 6.45) is 2.54. The molecule has 1 amide bonds. The van der Waals surface area contributed by atoms with E-state index in [9.17, 15) is 18.0 Å². The average molecular weight is 428 g/mol. The maximum Gasteiger partial charge on any atom is 0.278 e. The average Bonchev–Trinajstić information content (AvgIpc) is 3.39. The number of amides is 1. The van der Waals surface area contributed by atoms with Crippen molar-refractivity contribution in [1.82, 2.24) is 24.8 Å². The summed E-state index contributed by atoms with van der Waals surface area (Å²) < 4.78 is 26.4. The molecule has 1 N–H and O–H groups in total. The number of carbonyl (C=O) groups is 1. The summed E-state index contributed by atoms with van der Waals surface area (Å²) in [6.45, 7) is -0.302. The fourth-order valence-corrected chi connectivity index (χ4v) is 5.47. The lowest BCUT2D eigenvalue weighted by Gasteiger charge is -2.14. The number of nitrogens with one attached hydrogen (secondary N) is 1. The Hall–Kier alpha value is -3.08. The second kappa shape index (κ2) is 7.01. The smallest absolute Gasteiger partial charge is 0.278 e. The van der Waals surface area contributed by atoms with Gasteiger partial charge in [0, 0.05) is 12.0 Å². The van der Waals surface area contributed by atoms with Gasteiger partial charge in [-0.1, -0.05) is 17.3 Å². The zero-order chi connectivity index (χ0) is 20.9. The Morgan fingerprint density at radius 2 is 2.00 bits per heavy atom. The first kappa shape index (κ1) is 18.9. The number of sulfone groups is 1. The lowest BCUT2D eigenvalue weighted by Crippen LogP contribution is -2.31. The molecule has 1 atom stereocenters. The van der Waals surface area contributed by atoms with E-state index in [1.807, 2.05) is 0 Å². The van der Waals surface area contributed by atoms with Crippen LogP contribution in [0.3, 0.4) is 0 Å². The minimum atomic E-state index is -3.10. The van der Waals surface area contributed by atoms with E-state index in [0.717, 1.165) is 23.2 Å². The van der Waals surface area contributed by atoms with Crippen LogP contribution in [-0.2, 0) is 21.2 Å². The molecule has 10 nitrogen and oxygen atoms in total. The molecule has 1 saturated heterocycles. The molecule has 0 unspecified atom stereocenters. The molecule has 2 fully saturated rings. The SMILES string of the molecule is O=C(Cn1nnc2ccccc2c1=O)Nc1cc(C2CC2)nn1[C@@H]1CCS(=O)(=O)C1. The van der Waals surface area contributed by atoms with Gasteiger partial charge in [-0.25, -0.2) is 17.8 Å². The van der Waals surface area contributed by atoms with Crippen molar-refractivity contribution in [2.45, 2.75) is 37.8 Å². The molecule has 30 heavy (non-hydrogen) atoms. The fraction of sp³-hybridized carbons (Fsp3) is 0.421. The van der Waals surface area contributed by atoms with Crippen molar-refractivity contribution in [1.29, 1.82) is 0 Å². The predicted octanol–water partition coefficient (Wildman–Crippen LogP) is 0.864. The zero-order valence-corrected chi connectivity index (χ0v) is 16.9. The molecule has 11 heteroatoms. The van der Waals surface area contributed by atoms with Gasteiger partial charge in [-0.3, -0.25) is 9.59 Å². The molecule has 5 rings (SSSR count). The Bertz CT molecular complexity index is 1310. The molecular formula is C19H20N6O4S. The first-order chi connectivity index (χ1) is 14.4. The van der Waals surface area contributed by atoms with Gasteiger partial charge in [-0.2, -0.15) is 5.10 Å². The minimum absolute atomic E-state index is 0.0112. The highest BCUT2D eigenvalue weighted by Crippen LogP contribution is 2.41. The highest BCUT2D eigenvalue weighted by Gasteiger charge is 2.34. The third kappa shape index (κ3) is 3.60. The summed E-state index contributed by atoms with van der Waals surface area (Å²) in [4.78, 5) is 25.2. The molecule has 1 aliphatic heterocycles. The van der Waals surface area contributed by atoms with Gasteiger partial charge in [0.25, 0.3) is 5.56 Å². The number of carbonyl (C=O) groups excluding carboxylic acids is 1. The molecule has 1 aromatic carbocycles. The van der Waals surface area contributed by atoms with Crippen LogP contribution >= 0.6 is 0 Å². The van der Waals surface area contributed by atoms with Crippen LogP contribution in [-0.4, -0.2) is 50.6 Å². The fourth-order valence-electron chi connectivity index (χ4n) is 3.78. The number of rotatable bonds is 5. The summed E-state index contributed by atoms with van der Waals surface area (Å²) in [5, 5.41) is 15.6. The van der Waals surface area contributed by atoms with Crippen LogP contribution in [0.1, 0.15) is 36.9 Å². The lowest BCUT2D eigenvalue weighted by molar-refractivity contribution is -0.117. The predicted molar refractivity (Wildman–Crippen MR) is 109 cm³/mol. The number of anilines is 1. The molecule has 3 heterocycles. The van der Waals surface area contributed by atoms with Crippen molar-refractivity contribution in [2.75, 3.05) is 16.8 Å². The molecule has 1 saturated carbocycles. The second-order valence-electron chi connectivity index (χ2n) is 7.85. The molecule has 0 bridgehead atoms. The van der Waals surface area contributed by atoms with Crippen LogP contribution in [0.2, 0.25) is 0 Å². The number of hydrogen-bond acceptors (Lipinski definition) is 7. The Morgan fingerprint density at radius 1 is 1.20 bits per heavy atom. The molecule has 3 aromatic rings. The first-order valence-electron chi connectivity index (χ1n) is 9.82. The second-order valence-corrected chi connectivity index (χ2v) is 10.1. The first-order valence-corrected chi connectivity index (χ1v) is 11.6. The Morgan fingerprint density at radius 3 is 2.73 bits per heavy atom. The van der Waals surface area contributed by atoms with Crippen molar-refractivity contribution >= 4 is 32.5 Å². The molecule has 1 aliphatic carbocycles. The number of fused-ring (bicyclic) bond motifs is 1. The highest BCUT2D eigenvalue weighted by molar-refractivity contribution is 7.91. The van der Waals surface area contributed by atoms with E-state index >= 15 is 0 Å². The summed E-state index contributed by atoms with van der Waals surface area (Å²) in [7, 11) is -3.10. The van der Waals surface area contributed by atoms with Gasteiger partial charge in [0.2, 0.25) is 5.91 Å². The summed E-state index contributed by atoms with van der Waals surface area (Å²) in [6, 6.07) is 8.30. The Labute approximate surface area is 171 Å². The van der Waals surface area contributed by atoms with Gasteiger partial charge in [-0.05, 0) is 31.4 Å². The standard InChI is InChI=1S/C19H20N6O4S/c26-18(10-24-19(27)14-3-1-2-4-15(14)21-23-24)20-17-9-16(12-5-6-12)22-25(17)13-7-8-30(28,29)11-13/h1-4,9,12-13H,5-8,10-11H2,(H,20,26)/t13-/m1/s1. The lowest BCUT2D eigenvalue weighted by atomic mass is 10.2. The van der Waals surface area contributed by atoms with Gasteiger partial charge in [0.1, 0.15) is 17.9 Å². The monoisotopic (exact) mass is 428 g/mol. The zero-order valence-electron chi connectivity index (χ0n) is 16.1. The van der Waals surface area contributed by atoms with Gasteiger partial charge >= 0.3 is 0 Å². The highest BCUT2D eigenvalue weighted by atomic mass is 32.2. The van der Waals surface area contributed by atoms with E-state index in [1.54, 1.807) is 35.0 Å². The van der Waals surface area contributed by atoms with Crippen LogP contribution < -0.4 is 10.9 Å². The van der Waals surface area contributed by atoms with Crippen molar-refractivity contribution in [3.05, 3.63) is 46.4 Å². The number of benzene rings is 1. The van der Waals surface area contributed by atoms with Crippen molar-refractivity contribution < 1.29 is 13.2 Å². The van der Waals surface area contributed by atoms with Crippen LogP contribution in [0, 0.1) is 0 Å². The maximum atomic E-state index is 12.7. The molecule has 0 radical (unpaired) electrons. The summed E-state index contributed by atoms with van der Waals surface area (Å²) >= 11 is 0. The van der Waals surface area contributed by atoms with Crippen molar-refractivity contribution in [3.63, 3.8) is 0 Å². The van der Waals surface area contributed by atoms with E-state index < -0.39 is 21.3 Å². The number of hydrogen-bond donors (Lipinski definition) is 1. The van der Waals surface area contributed by atoms with E-state index in [1.165, 1.54) is 0 Å². The van der Waals surface area contributed by atoms with E-state index in [0.29, 0.717) is 29.1 Å². The summed E-state index contributed by atoms with van der Waals surface area (Å²) in [5.41, 5.74) is 0.927. The number of nitrogens with zero attached hydrogens (tertiary/aromatic N) is 5. The molecular weight excluding hydrogens is 408 g/mol. The topological polar surface area (TPSA) is 129 Å². The van der Waals surface area contributed by atoms with E-state index in [-0.39, 0.29) is 24.1 Å². The third-order valence-corrected chi connectivity index (χ3v) is 7.25. The quantitative estimate of drug-likeness (QED) is 0.638. The van der Waals surface area contributed by atoms with Crippen LogP contribution in [0.25, 0.3) is 10.9 Å². The van der Waals surface area contributed by atoms with Crippen molar-refractivity contribution in [2.24, 2.45) is 0 Å². The van der Waals surface area contributed by atoms with Gasteiger partial charge in [-0.15, -0.1) is 5.10 Å². The summed E-state index contributed by atoms with van der Waals surface area (Å²) in [5.74, 6) is 0.481. The third-order valence-electron chi connectivity index (χ3n) is 5.49. The normalized spacial score (nSPS) is 20.5. The van der Waals surface area contributed by atoms with Gasteiger partial charge < -0.3 is 5.32 Å². The largest absolute Gasteiger partial charge is 0.309 e. The van der Waals surface area contributed by atoms with Crippen LogP contribution in [0.4, 0.5) is 5.82 Å². The molecule has 156 valence electrons. The maximum absolute atomic E-state index is 12.7. The molecule has 0 spiro atoms. The van der Waals surface area contributed by atoms with Crippen LogP contribution in [0.15, 0.2) is 35.1 Å². The molecule has 2 aromatic heterocycles. The van der Waals surface area contributed by atoms with Gasteiger partial charge in [0.15, 0.2) is 9.84 Å². The Balaban J connectivity index is 1.40. The van der Waals surface area contributed by atoms with Crippen LogP contribution in [0.5, 0.6) is 0 Å². The van der Waals surface area contributed by atoms with E-state index in [2.05, 4.69) is 20.7 Å². The molecule has 2 aliphatic rings. The number of aromatic nitrogens is 5. The van der Waals surface area contributed by atoms with Gasteiger partial charge in [0.05, 0.1) is 28.6 Å². The minimum Gasteiger partial charge on any atom is -0.309 e. The van der Waals surface area contributed by atoms with Crippen molar-refractivity contribution in [3.8, 4) is 0 Å². The van der Waals surface area contributed by atoms with E-state index in [4.69, 9.17) is 0 Å². The Kier molecular flexibility index (Phi) is 4.42.